The van der Waals surface area contributed by atoms with Crippen LogP contribution in [-0.2, 0) is 13.0 Å². The zero-order chi connectivity index (χ0) is 29.8. The third-order valence-electron chi connectivity index (χ3n) is 6.81. The summed E-state index contributed by atoms with van der Waals surface area (Å²) in [6.07, 6.45) is 3.83. The highest BCUT2D eigenvalue weighted by molar-refractivity contribution is 5.85. The lowest BCUT2D eigenvalue weighted by Crippen LogP contribution is -2.20. The van der Waals surface area contributed by atoms with E-state index in [0.717, 1.165) is 10.9 Å². The Kier molecular flexibility index (Phi) is 7.82. The molecule has 0 unspecified atom stereocenters. The Labute approximate surface area is 247 Å². The maximum atomic E-state index is 13.7. The van der Waals surface area contributed by atoms with Gasteiger partial charge in [-0.15, -0.1) is 6.58 Å². The molecule has 6 rings (SSSR count). The largest absolute Gasteiger partial charge is 0.490 e. The lowest BCUT2D eigenvalue weighted by Gasteiger charge is -2.17. The molecule has 0 atom stereocenters. The first-order valence-corrected chi connectivity index (χ1v) is 13.9. The molecular weight excluding hydrogens is 545 g/mol. The molecule has 0 saturated heterocycles. The van der Waals surface area contributed by atoms with Crippen molar-refractivity contribution in [1.82, 2.24) is 9.66 Å². The minimum Gasteiger partial charge on any atom is -0.490 e. The van der Waals surface area contributed by atoms with Gasteiger partial charge in [-0.3, -0.25) is 4.79 Å². The number of hydrogen-bond donors (Lipinski definition) is 0. The van der Waals surface area contributed by atoms with E-state index in [1.54, 1.807) is 48.7 Å². The Morgan fingerprint density at radius 2 is 1.84 bits per heavy atom. The van der Waals surface area contributed by atoms with Crippen molar-refractivity contribution < 1.29 is 18.3 Å². The van der Waals surface area contributed by atoms with E-state index in [1.165, 1.54) is 16.8 Å². The first-order chi connectivity index (χ1) is 21.0. The van der Waals surface area contributed by atoms with Gasteiger partial charge in [-0.25, -0.2) is 9.37 Å². The van der Waals surface area contributed by atoms with Gasteiger partial charge in [0.15, 0.2) is 17.3 Å². The number of furan rings is 1. The molecule has 43 heavy (non-hydrogen) atoms. The number of benzene rings is 4. The zero-order valence-corrected chi connectivity index (χ0v) is 23.5. The van der Waals surface area contributed by atoms with Gasteiger partial charge in [0.05, 0.1) is 23.7 Å². The summed E-state index contributed by atoms with van der Waals surface area (Å²) in [7, 11) is 0. The summed E-state index contributed by atoms with van der Waals surface area (Å²) in [5.74, 6) is 1.41. The summed E-state index contributed by atoms with van der Waals surface area (Å²) in [6.45, 7) is 6.32. The number of ether oxygens (including phenoxy) is 2. The minimum absolute atomic E-state index is 0.161. The van der Waals surface area contributed by atoms with Crippen molar-refractivity contribution in [2.24, 2.45) is 5.10 Å². The maximum Gasteiger partial charge on any atom is 0.282 e. The molecule has 214 valence electrons. The third kappa shape index (κ3) is 5.81. The van der Waals surface area contributed by atoms with Gasteiger partial charge in [0.25, 0.3) is 5.56 Å². The van der Waals surface area contributed by atoms with Crippen molar-refractivity contribution in [3.8, 4) is 23.1 Å². The fraction of sp³-hybridized carbons (Fsp3) is 0.114. The molecule has 0 aliphatic carbocycles. The van der Waals surface area contributed by atoms with Gasteiger partial charge in [-0.1, -0.05) is 48.5 Å². The molecule has 0 bridgehead atoms. The molecule has 0 fully saturated rings. The molecule has 0 N–H and O–H groups in total. The van der Waals surface area contributed by atoms with E-state index in [-0.39, 0.29) is 23.8 Å². The van der Waals surface area contributed by atoms with Crippen molar-refractivity contribution >= 4 is 28.1 Å². The highest BCUT2D eigenvalue weighted by Crippen LogP contribution is 2.34. The van der Waals surface area contributed by atoms with Crippen LogP contribution in [-0.4, -0.2) is 22.5 Å². The van der Waals surface area contributed by atoms with E-state index in [1.807, 2.05) is 49.4 Å². The molecule has 0 spiro atoms. The van der Waals surface area contributed by atoms with E-state index in [2.05, 4.69) is 11.7 Å². The maximum absolute atomic E-state index is 13.7. The van der Waals surface area contributed by atoms with Gasteiger partial charge in [0, 0.05) is 10.9 Å². The van der Waals surface area contributed by atoms with Crippen molar-refractivity contribution in [2.45, 2.75) is 20.0 Å². The third-order valence-corrected chi connectivity index (χ3v) is 6.81. The standard InChI is InChI=1S/C35H28FN3O4/c1-3-10-26-17-24(19-31(41-4-2)33(26)42-22-23-11-9-13-27(36)18-23)21-37-39-34(32-20-25-12-5-8-16-30(25)43-32)38-29-15-7-6-14-28(29)35(39)40/h3,5-9,11-21H,1,4,10,22H2,2H3. The SMILES string of the molecule is C=CCc1cc(C=Nn2c(-c3cc4ccccc4o3)nc3ccccc3c2=O)cc(OCC)c1OCc1cccc(F)c1. The number of fused-ring (bicyclic) bond motifs is 2. The second kappa shape index (κ2) is 12.2. The normalized spacial score (nSPS) is 11.4. The molecule has 6 aromatic rings. The Bertz CT molecular complexity index is 2010. The smallest absolute Gasteiger partial charge is 0.282 e. The van der Waals surface area contributed by atoms with E-state index in [0.29, 0.717) is 57.9 Å². The van der Waals surface area contributed by atoms with E-state index >= 15 is 0 Å². The van der Waals surface area contributed by atoms with Crippen LogP contribution in [0, 0.1) is 5.82 Å². The Hall–Kier alpha value is -5.50. The van der Waals surface area contributed by atoms with Crippen LogP contribution < -0.4 is 15.0 Å². The Morgan fingerprint density at radius 1 is 1.00 bits per heavy atom. The first-order valence-electron chi connectivity index (χ1n) is 13.9. The van der Waals surface area contributed by atoms with Crippen LogP contribution in [0.2, 0.25) is 0 Å². The summed E-state index contributed by atoms with van der Waals surface area (Å²) < 4.78 is 33.1. The Morgan fingerprint density at radius 3 is 2.65 bits per heavy atom. The molecule has 0 aliphatic rings. The summed E-state index contributed by atoms with van der Waals surface area (Å²) in [6, 6.07) is 26.5. The van der Waals surface area contributed by atoms with Crippen molar-refractivity contribution in [2.75, 3.05) is 6.61 Å². The molecule has 4 aromatic carbocycles. The molecule has 0 amide bonds. The monoisotopic (exact) mass is 573 g/mol. The van der Waals surface area contributed by atoms with E-state index < -0.39 is 0 Å². The number of hydrogen-bond acceptors (Lipinski definition) is 6. The van der Waals surface area contributed by atoms with Crippen LogP contribution in [0.1, 0.15) is 23.6 Å². The molecule has 0 saturated carbocycles. The predicted molar refractivity (Wildman–Crippen MR) is 166 cm³/mol. The summed E-state index contributed by atoms with van der Waals surface area (Å²) >= 11 is 0. The van der Waals surface area contributed by atoms with Gasteiger partial charge in [-0.05, 0) is 73.0 Å². The quantitative estimate of drug-likeness (QED) is 0.125. The number of rotatable bonds is 10. The molecule has 0 radical (unpaired) electrons. The van der Waals surface area contributed by atoms with E-state index in [4.69, 9.17) is 18.9 Å². The molecular formula is C35H28FN3O4. The summed E-state index contributed by atoms with van der Waals surface area (Å²) in [4.78, 5) is 18.4. The topological polar surface area (TPSA) is 78.9 Å². The van der Waals surface area contributed by atoms with Gasteiger partial charge >= 0.3 is 0 Å². The average molecular weight is 574 g/mol. The predicted octanol–water partition coefficient (Wildman–Crippen LogP) is 7.54. The lowest BCUT2D eigenvalue weighted by atomic mass is 10.1. The van der Waals surface area contributed by atoms with Gasteiger partial charge in [-0.2, -0.15) is 9.78 Å². The molecule has 8 heteroatoms. The van der Waals surface area contributed by atoms with Crippen molar-refractivity contribution in [1.29, 1.82) is 0 Å². The second-order valence-corrected chi connectivity index (χ2v) is 9.81. The van der Waals surface area contributed by atoms with E-state index in [9.17, 15) is 9.18 Å². The highest BCUT2D eigenvalue weighted by atomic mass is 19.1. The Balaban J connectivity index is 1.43. The molecule has 2 heterocycles. The number of allylic oxidation sites excluding steroid dienone is 1. The zero-order valence-electron chi connectivity index (χ0n) is 23.5. The van der Waals surface area contributed by atoms with Crippen LogP contribution in [0.25, 0.3) is 33.5 Å². The minimum atomic E-state index is -0.330. The number of para-hydroxylation sites is 2. The average Bonchev–Trinajstić information content (AvgIpc) is 3.45. The number of halogens is 1. The van der Waals surface area contributed by atoms with Crippen LogP contribution in [0.5, 0.6) is 11.5 Å². The van der Waals surface area contributed by atoms with Crippen LogP contribution in [0.4, 0.5) is 4.39 Å². The fourth-order valence-electron chi connectivity index (χ4n) is 4.88. The summed E-state index contributed by atoms with van der Waals surface area (Å²) in [5.41, 5.74) is 3.07. The van der Waals surface area contributed by atoms with Gasteiger partial charge < -0.3 is 13.9 Å². The number of nitrogens with zero attached hydrogens (tertiary/aromatic N) is 3. The first kappa shape index (κ1) is 27.7. The second-order valence-electron chi connectivity index (χ2n) is 9.81. The van der Waals surface area contributed by atoms with Crippen LogP contribution in [0.3, 0.4) is 0 Å². The van der Waals surface area contributed by atoms with Gasteiger partial charge in [0.2, 0.25) is 5.82 Å². The van der Waals surface area contributed by atoms with Crippen LogP contribution >= 0.6 is 0 Å². The van der Waals surface area contributed by atoms with Crippen molar-refractivity contribution in [3.05, 3.63) is 137 Å². The fourth-order valence-corrected chi connectivity index (χ4v) is 4.88. The lowest BCUT2D eigenvalue weighted by molar-refractivity contribution is 0.267. The highest BCUT2D eigenvalue weighted by Gasteiger charge is 2.17. The molecule has 0 aliphatic heterocycles. The number of aromatic nitrogens is 2. The summed E-state index contributed by atoms with van der Waals surface area (Å²) in [5, 5.41) is 5.92. The van der Waals surface area contributed by atoms with Gasteiger partial charge in [0.1, 0.15) is 18.0 Å². The molecule has 7 nitrogen and oxygen atoms in total. The molecule has 2 aromatic heterocycles. The van der Waals surface area contributed by atoms with Crippen LogP contribution in [0.15, 0.2) is 118 Å². The van der Waals surface area contributed by atoms with Crippen molar-refractivity contribution in [3.63, 3.8) is 0 Å².